The summed E-state index contributed by atoms with van der Waals surface area (Å²) in [5.74, 6) is 0.816. The molecule has 0 amide bonds. The molecule has 0 radical (unpaired) electrons. The van der Waals surface area contributed by atoms with Gasteiger partial charge in [0.05, 0.1) is 11.4 Å². The fourth-order valence-corrected chi connectivity index (χ4v) is 3.25. The third-order valence-corrected chi connectivity index (χ3v) is 4.78. The molecular weight excluding hydrogens is 314 g/mol. The predicted octanol–water partition coefficient (Wildman–Crippen LogP) is 5.48. The Kier molecular flexibility index (Phi) is 3.75. The molecule has 118 valence electrons. The van der Waals surface area contributed by atoms with E-state index >= 15 is 0 Å². The molecule has 4 aromatic rings. The number of H-pyrrole nitrogens is 1. The monoisotopic (exact) mass is 331 g/mol. The lowest BCUT2D eigenvalue weighted by Gasteiger charge is -2.04. The second kappa shape index (κ2) is 6.06. The van der Waals surface area contributed by atoms with Gasteiger partial charge in [-0.2, -0.15) is 0 Å². The van der Waals surface area contributed by atoms with Crippen LogP contribution in [0.2, 0.25) is 0 Å². The number of rotatable bonds is 3. The maximum Gasteiger partial charge on any atom is 0.167 e. The maximum atomic E-state index is 4.84. The standard InChI is InChI=1S/C20H17N3S/c1-13-3-7-15(8-4-13)17-18(16-9-5-14(2)6-10-16)23-19(22-17)20-21-11-12-24-20/h3-12H,1-2H3,(H,22,23). The van der Waals surface area contributed by atoms with Crippen LogP contribution in [0.3, 0.4) is 0 Å². The normalized spacial score (nSPS) is 10.9. The van der Waals surface area contributed by atoms with E-state index in [1.54, 1.807) is 17.5 Å². The van der Waals surface area contributed by atoms with Crippen molar-refractivity contribution >= 4 is 11.3 Å². The predicted molar refractivity (Wildman–Crippen MR) is 100 cm³/mol. The number of hydrogen-bond acceptors (Lipinski definition) is 3. The molecule has 2 aromatic carbocycles. The fourth-order valence-electron chi connectivity index (χ4n) is 2.66. The maximum absolute atomic E-state index is 4.84. The van der Waals surface area contributed by atoms with Crippen molar-refractivity contribution in [3.05, 3.63) is 71.2 Å². The molecule has 0 aliphatic carbocycles. The highest BCUT2D eigenvalue weighted by Gasteiger charge is 2.16. The Morgan fingerprint density at radius 1 is 0.833 bits per heavy atom. The van der Waals surface area contributed by atoms with Gasteiger partial charge in [-0.3, -0.25) is 0 Å². The van der Waals surface area contributed by atoms with Crippen molar-refractivity contribution in [3.63, 3.8) is 0 Å². The first-order valence-corrected chi connectivity index (χ1v) is 8.72. The highest BCUT2D eigenvalue weighted by molar-refractivity contribution is 7.13. The average molecular weight is 331 g/mol. The summed E-state index contributed by atoms with van der Waals surface area (Å²) in [5.41, 5.74) is 6.72. The Hall–Kier alpha value is -2.72. The lowest BCUT2D eigenvalue weighted by atomic mass is 10.0. The highest BCUT2D eigenvalue weighted by Crippen LogP contribution is 2.33. The van der Waals surface area contributed by atoms with Crippen LogP contribution in [-0.4, -0.2) is 15.0 Å². The summed E-state index contributed by atoms with van der Waals surface area (Å²) in [7, 11) is 0. The second-order valence-electron chi connectivity index (χ2n) is 5.88. The first-order valence-electron chi connectivity index (χ1n) is 7.84. The van der Waals surface area contributed by atoms with E-state index in [0.29, 0.717) is 0 Å². The molecule has 2 aromatic heterocycles. The van der Waals surface area contributed by atoms with Gasteiger partial charge in [-0.05, 0) is 13.8 Å². The number of nitrogens with one attached hydrogen (secondary N) is 1. The van der Waals surface area contributed by atoms with Gasteiger partial charge in [0.25, 0.3) is 0 Å². The van der Waals surface area contributed by atoms with Crippen LogP contribution < -0.4 is 0 Å². The fraction of sp³-hybridized carbons (Fsp3) is 0.100. The zero-order chi connectivity index (χ0) is 16.5. The van der Waals surface area contributed by atoms with Gasteiger partial charge >= 0.3 is 0 Å². The molecule has 0 bridgehead atoms. The van der Waals surface area contributed by atoms with Crippen LogP contribution in [-0.2, 0) is 0 Å². The summed E-state index contributed by atoms with van der Waals surface area (Å²) in [5, 5.41) is 2.87. The Bertz CT molecular complexity index is 886. The third-order valence-electron chi connectivity index (χ3n) is 4.00. The molecule has 0 atom stereocenters. The summed E-state index contributed by atoms with van der Waals surface area (Å²) in [6, 6.07) is 17.0. The zero-order valence-corrected chi connectivity index (χ0v) is 14.4. The quantitative estimate of drug-likeness (QED) is 0.540. The average Bonchev–Trinajstić information content (AvgIpc) is 3.26. The number of thiazole rings is 1. The molecule has 4 heteroatoms. The molecule has 0 unspecified atom stereocenters. The lowest BCUT2D eigenvalue weighted by molar-refractivity contribution is 1.27. The minimum atomic E-state index is 0.816. The molecule has 24 heavy (non-hydrogen) atoms. The van der Waals surface area contributed by atoms with Crippen LogP contribution >= 0.6 is 11.3 Å². The van der Waals surface area contributed by atoms with Crippen LogP contribution in [0.1, 0.15) is 11.1 Å². The van der Waals surface area contributed by atoms with Gasteiger partial charge in [-0.25, -0.2) is 9.97 Å². The number of aryl methyl sites for hydroxylation is 2. The van der Waals surface area contributed by atoms with Crippen molar-refractivity contribution in [2.75, 3.05) is 0 Å². The van der Waals surface area contributed by atoms with Crippen molar-refractivity contribution < 1.29 is 0 Å². The van der Waals surface area contributed by atoms with Crippen LogP contribution in [0.15, 0.2) is 60.1 Å². The molecule has 0 aliphatic rings. The van der Waals surface area contributed by atoms with Gasteiger partial charge in [-0.1, -0.05) is 59.7 Å². The lowest BCUT2D eigenvalue weighted by Crippen LogP contribution is -1.84. The van der Waals surface area contributed by atoms with Gasteiger partial charge < -0.3 is 4.98 Å². The first-order chi connectivity index (χ1) is 11.7. The summed E-state index contributed by atoms with van der Waals surface area (Å²) in [6.45, 7) is 4.19. The SMILES string of the molecule is Cc1ccc(-c2nc(-c3nccs3)[nH]c2-c2ccc(C)cc2)cc1. The molecule has 0 saturated carbocycles. The van der Waals surface area contributed by atoms with E-state index in [-0.39, 0.29) is 0 Å². The van der Waals surface area contributed by atoms with Gasteiger partial charge in [0.1, 0.15) is 0 Å². The summed E-state index contributed by atoms with van der Waals surface area (Å²) in [6.07, 6.45) is 1.81. The third kappa shape index (κ3) is 2.76. The smallest absolute Gasteiger partial charge is 0.167 e. The number of hydrogen-bond donors (Lipinski definition) is 1. The number of nitrogens with zero attached hydrogens (tertiary/aromatic N) is 2. The number of aromatic nitrogens is 3. The molecule has 3 nitrogen and oxygen atoms in total. The molecule has 0 saturated heterocycles. The summed E-state index contributed by atoms with van der Waals surface area (Å²) in [4.78, 5) is 12.7. The number of benzene rings is 2. The van der Waals surface area contributed by atoms with Crippen molar-refractivity contribution in [1.82, 2.24) is 15.0 Å². The Balaban J connectivity index is 1.89. The Morgan fingerprint density at radius 3 is 2.04 bits per heavy atom. The largest absolute Gasteiger partial charge is 0.335 e. The Morgan fingerprint density at radius 2 is 1.46 bits per heavy atom. The van der Waals surface area contributed by atoms with Crippen molar-refractivity contribution in [2.45, 2.75) is 13.8 Å². The number of imidazole rings is 1. The van der Waals surface area contributed by atoms with Crippen LogP contribution in [0.4, 0.5) is 0 Å². The second-order valence-corrected chi connectivity index (χ2v) is 6.77. The molecule has 0 fully saturated rings. The minimum absolute atomic E-state index is 0.816. The zero-order valence-electron chi connectivity index (χ0n) is 13.6. The van der Waals surface area contributed by atoms with Gasteiger partial charge in [0.2, 0.25) is 0 Å². The highest BCUT2D eigenvalue weighted by atomic mass is 32.1. The summed E-state index contributed by atoms with van der Waals surface area (Å²) < 4.78 is 0. The van der Waals surface area contributed by atoms with Crippen LogP contribution in [0.25, 0.3) is 33.3 Å². The van der Waals surface area contributed by atoms with Gasteiger partial charge in [0.15, 0.2) is 10.8 Å². The van der Waals surface area contributed by atoms with E-state index in [1.165, 1.54) is 11.1 Å². The summed E-state index contributed by atoms with van der Waals surface area (Å²) >= 11 is 1.59. The molecular formula is C20H17N3S. The molecule has 0 spiro atoms. The Labute approximate surface area is 145 Å². The van der Waals surface area contributed by atoms with Gasteiger partial charge in [0, 0.05) is 22.7 Å². The van der Waals surface area contributed by atoms with Gasteiger partial charge in [-0.15, -0.1) is 11.3 Å². The van der Waals surface area contributed by atoms with Crippen LogP contribution in [0.5, 0.6) is 0 Å². The minimum Gasteiger partial charge on any atom is -0.335 e. The van der Waals surface area contributed by atoms with E-state index in [4.69, 9.17) is 4.98 Å². The van der Waals surface area contributed by atoms with E-state index in [2.05, 4.69) is 72.3 Å². The molecule has 4 rings (SSSR count). The van der Waals surface area contributed by atoms with E-state index < -0.39 is 0 Å². The van der Waals surface area contributed by atoms with E-state index in [9.17, 15) is 0 Å². The molecule has 2 heterocycles. The molecule has 1 N–H and O–H groups in total. The van der Waals surface area contributed by atoms with Crippen molar-refractivity contribution in [3.8, 4) is 33.3 Å². The first kappa shape index (κ1) is 14.8. The van der Waals surface area contributed by atoms with Crippen LogP contribution in [0, 0.1) is 13.8 Å². The van der Waals surface area contributed by atoms with E-state index in [0.717, 1.165) is 33.3 Å². The van der Waals surface area contributed by atoms with Crippen molar-refractivity contribution in [2.24, 2.45) is 0 Å². The van der Waals surface area contributed by atoms with Crippen molar-refractivity contribution in [1.29, 1.82) is 0 Å². The topological polar surface area (TPSA) is 41.6 Å². The molecule has 0 aliphatic heterocycles. The van der Waals surface area contributed by atoms with E-state index in [1.807, 2.05) is 5.38 Å². The number of aromatic amines is 1.